The summed E-state index contributed by atoms with van der Waals surface area (Å²) in [6, 6.07) is 9.89. The summed E-state index contributed by atoms with van der Waals surface area (Å²) in [7, 11) is 3.06. The normalized spacial score (nSPS) is 11.0. The molecule has 0 saturated carbocycles. The lowest BCUT2D eigenvalue weighted by atomic mass is 10.2. The van der Waals surface area contributed by atoms with Crippen LogP contribution in [0.15, 0.2) is 48.7 Å². The predicted molar refractivity (Wildman–Crippen MR) is 97.4 cm³/mol. The molecule has 28 heavy (non-hydrogen) atoms. The van der Waals surface area contributed by atoms with E-state index in [2.05, 4.69) is 25.8 Å². The van der Waals surface area contributed by atoms with Gasteiger partial charge < -0.3 is 20.1 Å². The molecule has 1 heterocycles. The maximum absolute atomic E-state index is 12.8. The Bertz CT molecular complexity index is 966. The third-order valence-electron chi connectivity index (χ3n) is 3.67. The first kappa shape index (κ1) is 19.2. The molecule has 7 nitrogen and oxygen atoms in total. The Kier molecular flexibility index (Phi) is 5.48. The first-order chi connectivity index (χ1) is 13.4. The summed E-state index contributed by atoms with van der Waals surface area (Å²) in [6.45, 7) is 0. The van der Waals surface area contributed by atoms with E-state index in [-0.39, 0.29) is 11.6 Å². The highest BCUT2D eigenvalue weighted by atomic mass is 19.4. The van der Waals surface area contributed by atoms with E-state index in [1.54, 1.807) is 18.2 Å². The third-order valence-corrected chi connectivity index (χ3v) is 3.67. The van der Waals surface area contributed by atoms with Crippen LogP contribution in [0.25, 0.3) is 0 Å². The van der Waals surface area contributed by atoms with E-state index in [1.807, 2.05) is 0 Å². The SMILES string of the molecule is COc1ccc(OC)c(Nc2cnnc(Nc3cccc(C(F)(F)F)c3)n2)c1. The Morgan fingerprint density at radius 3 is 2.50 bits per heavy atom. The van der Waals surface area contributed by atoms with Gasteiger partial charge in [-0.05, 0) is 30.3 Å². The van der Waals surface area contributed by atoms with Gasteiger partial charge in [0.1, 0.15) is 11.5 Å². The molecule has 2 N–H and O–H groups in total. The lowest BCUT2D eigenvalue weighted by Crippen LogP contribution is -2.06. The number of ether oxygens (including phenoxy) is 2. The average Bonchev–Trinajstić information content (AvgIpc) is 2.68. The molecule has 146 valence electrons. The highest BCUT2D eigenvalue weighted by Crippen LogP contribution is 2.32. The van der Waals surface area contributed by atoms with Crippen LogP contribution in [0.1, 0.15) is 5.56 Å². The van der Waals surface area contributed by atoms with Gasteiger partial charge in [0.15, 0.2) is 5.82 Å². The topological polar surface area (TPSA) is 81.2 Å². The van der Waals surface area contributed by atoms with Crippen molar-refractivity contribution in [2.45, 2.75) is 6.18 Å². The van der Waals surface area contributed by atoms with Crippen LogP contribution in [0.4, 0.5) is 36.3 Å². The number of anilines is 4. The number of aromatic nitrogens is 3. The van der Waals surface area contributed by atoms with Crippen molar-refractivity contribution >= 4 is 23.1 Å². The van der Waals surface area contributed by atoms with Gasteiger partial charge in [0.2, 0.25) is 5.95 Å². The number of hydrogen-bond acceptors (Lipinski definition) is 7. The predicted octanol–water partition coefficient (Wildman–Crippen LogP) is 4.39. The summed E-state index contributed by atoms with van der Waals surface area (Å²) in [5.41, 5.74) is -0.0130. The highest BCUT2D eigenvalue weighted by molar-refractivity contribution is 5.66. The number of alkyl halides is 3. The summed E-state index contributed by atoms with van der Waals surface area (Å²) in [5.74, 6) is 1.50. The minimum Gasteiger partial charge on any atom is -0.497 e. The zero-order valence-electron chi connectivity index (χ0n) is 14.9. The second-order valence-corrected chi connectivity index (χ2v) is 5.56. The number of methoxy groups -OCH3 is 2. The lowest BCUT2D eigenvalue weighted by Gasteiger charge is -2.13. The Labute approximate surface area is 158 Å². The zero-order valence-corrected chi connectivity index (χ0v) is 14.9. The molecule has 0 fully saturated rings. The zero-order chi connectivity index (χ0) is 20.1. The molecule has 0 saturated heterocycles. The molecule has 0 radical (unpaired) electrons. The monoisotopic (exact) mass is 391 g/mol. The second-order valence-electron chi connectivity index (χ2n) is 5.56. The van der Waals surface area contributed by atoms with Gasteiger partial charge in [0.05, 0.1) is 31.7 Å². The molecule has 10 heteroatoms. The van der Waals surface area contributed by atoms with Crippen LogP contribution in [0.5, 0.6) is 11.5 Å². The number of nitrogens with one attached hydrogen (secondary N) is 2. The first-order valence-corrected chi connectivity index (χ1v) is 8.02. The third kappa shape index (κ3) is 4.58. The van der Waals surface area contributed by atoms with Crippen molar-refractivity contribution in [1.29, 1.82) is 0 Å². The molecule has 2 aromatic carbocycles. The molecule has 0 aliphatic rings. The number of halogens is 3. The summed E-state index contributed by atoms with van der Waals surface area (Å²) >= 11 is 0. The molecule has 0 bridgehead atoms. The van der Waals surface area contributed by atoms with Crippen molar-refractivity contribution in [3.8, 4) is 11.5 Å². The molecule has 3 aromatic rings. The number of rotatable bonds is 6. The van der Waals surface area contributed by atoms with E-state index < -0.39 is 11.7 Å². The average molecular weight is 391 g/mol. The summed E-state index contributed by atoms with van der Waals surface area (Å²) in [5, 5.41) is 13.3. The van der Waals surface area contributed by atoms with E-state index in [9.17, 15) is 13.2 Å². The standard InChI is InChI=1S/C18H16F3N5O2/c1-27-13-6-7-15(28-2)14(9-13)24-16-10-22-26-17(25-16)23-12-5-3-4-11(8-12)18(19,20)21/h3-10H,1-2H3,(H2,23,24,25,26). The van der Waals surface area contributed by atoms with Crippen molar-refractivity contribution in [3.63, 3.8) is 0 Å². The van der Waals surface area contributed by atoms with Crippen LogP contribution in [0.2, 0.25) is 0 Å². The highest BCUT2D eigenvalue weighted by Gasteiger charge is 2.30. The van der Waals surface area contributed by atoms with E-state index in [0.717, 1.165) is 12.1 Å². The Morgan fingerprint density at radius 1 is 0.964 bits per heavy atom. The minimum absolute atomic E-state index is 0.0335. The van der Waals surface area contributed by atoms with E-state index in [4.69, 9.17) is 9.47 Å². The van der Waals surface area contributed by atoms with Crippen LogP contribution in [0.3, 0.4) is 0 Å². The van der Waals surface area contributed by atoms with Gasteiger partial charge in [-0.1, -0.05) is 6.07 Å². The van der Waals surface area contributed by atoms with Crippen LogP contribution in [-0.4, -0.2) is 29.4 Å². The Morgan fingerprint density at radius 2 is 1.79 bits per heavy atom. The smallest absolute Gasteiger partial charge is 0.416 e. The molecule has 3 rings (SSSR count). The second kappa shape index (κ2) is 7.99. The molecule has 0 spiro atoms. The van der Waals surface area contributed by atoms with Crippen molar-refractivity contribution in [2.24, 2.45) is 0 Å². The number of benzene rings is 2. The van der Waals surface area contributed by atoms with Crippen LogP contribution in [-0.2, 0) is 6.18 Å². The van der Waals surface area contributed by atoms with Gasteiger partial charge in [-0.15, -0.1) is 5.10 Å². The van der Waals surface area contributed by atoms with Gasteiger partial charge in [-0.2, -0.15) is 23.3 Å². The Balaban J connectivity index is 1.82. The van der Waals surface area contributed by atoms with E-state index in [0.29, 0.717) is 23.0 Å². The van der Waals surface area contributed by atoms with Crippen LogP contribution < -0.4 is 20.1 Å². The fourth-order valence-electron chi connectivity index (χ4n) is 2.37. The molecule has 0 atom stereocenters. The summed E-state index contributed by atoms with van der Waals surface area (Å²) in [4.78, 5) is 4.21. The lowest BCUT2D eigenvalue weighted by molar-refractivity contribution is -0.137. The quantitative estimate of drug-likeness (QED) is 0.645. The van der Waals surface area contributed by atoms with E-state index >= 15 is 0 Å². The molecule has 0 aliphatic carbocycles. The van der Waals surface area contributed by atoms with E-state index in [1.165, 1.54) is 32.5 Å². The van der Waals surface area contributed by atoms with Gasteiger partial charge >= 0.3 is 6.18 Å². The largest absolute Gasteiger partial charge is 0.497 e. The minimum atomic E-state index is -4.44. The molecule has 1 aromatic heterocycles. The molecule has 0 aliphatic heterocycles. The van der Waals surface area contributed by atoms with Crippen molar-refractivity contribution < 1.29 is 22.6 Å². The summed E-state index contributed by atoms with van der Waals surface area (Å²) < 4.78 is 49.0. The van der Waals surface area contributed by atoms with Crippen molar-refractivity contribution in [1.82, 2.24) is 15.2 Å². The molecule has 0 amide bonds. The van der Waals surface area contributed by atoms with Crippen molar-refractivity contribution in [2.75, 3.05) is 24.9 Å². The molecular weight excluding hydrogens is 375 g/mol. The Hall–Kier alpha value is -3.56. The molecular formula is C18H16F3N5O2. The summed E-state index contributed by atoms with van der Waals surface area (Å²) in [6.07, 6.45) is -3.07. The number of hydrogen-bond donors (Lipinski definition) is 2. The van der Waals surface area contributed by atoms with Crippen LogP contribution >= 0.6 is 0 Å². The fourth-order valence-corrected chi connectivity index (χ4v) is 2.37. The van der Waals surface area contributed by atoms with Crippen molar-refractivity contribution in [3.05, 3.63) is 54.2 Å². The number of nitrogens with zero attached hydrogens (tertiary/aromatic N) is 3. The van der Waals surface area contributed by atoms with Crippen LogP contribution in [0, 0.1) is 0 Å². The van der Waals surface area contributed by atoms with Gasteiger partial charge in [0, 0.05) is 11.8 Å². The maximum Gasteiger partial charge on any atom is 0.416 e. The first-order valence-electron chi connectivity index (χ1n) is 8.02. The fraction of sp³-hybridized carbons (Fsp3) is 0.167. The molecule has 0 unspecified atom stereocenters. The maximum atomic E-state index is 12.8. The van der Waals surface area contributed by atoms with Gasteiger partial charge in [-0.25, -0.2) is 0 Å². The van der Waals surface area contributed by atoms with Gasteiger partial charge in [-0.3, -0.25) is 0 Å². The van der Waals surface area contributed by atoms with Gasteiger partial charge in [0.25, 0.3) is 0 Å².